The molecule has 0 saturated carbocycles. The van der Waals surface area contributed by atoms with Crippen molar-refractivity contribution in [1.82, 2.24) is 4.90 Å². The van der Waals surface area contributed by atoms with Crippen LogP contribution in [0.1, 0.15) is 12.8 Å². The van der Waals surface area contributed by atoms with Crippen LogP contribution < -0.4 is 0 Å². The van der Waals surface area contributed by atoms with Gasteiger partial charge in [0.15, 0.2) is 0 Å². The largest absolute Gasteiger partial charge is 0.343 e. The molecule has 2 aliphatic rings. The smallest absolute Gasteiger partial charge is 0.209 e. The van der Waals surface area contributed by atoms with E-state index in [1.54, 1.807) is 0 Å². The molecule has 1 amide bonds. The molecule has 0 aromatic carbocycles. The van der Waals surface area contributed by atoms with Gasteiger partial charge >= 0.3 is 0 Å². The summed E-state index contributed by atoms with van der Waals surface area (Å²) in [6.07, 6.45) is 3.50. The Bertz CT molecular complexity index is 180. The van der Waals surface area contributed by atoms with Gasteiger partial charge in [0.05, 0.1) is 4.08 Å². The Kier molecular flexibility index (Phi) is 2.55. The van der Waals surface area contributed by atoms with Crippen molar-refractivity contribution in [3.05, 3.63) is 0 Å². The van der Waals surface area contributed by atoms with E-state index in [-0.39, 0.29) is 0 Å². The molecule has 0 atom stereocenters. The molecular formula is C8H13NOS2. The summed E-state index contributed by atoms with van der Waals surface area (Å²) in [5.41, 5.74) is 0. The summed E-state index contributed by atoms with van der Waals surface area (Å²) in [6.45, 7) is 1.93. The van der Waals surface area contributed by atoms with Crippen molar-refractivity contribution in [2.75, 3.05) is 24.6 Å². The summed E-state index contributed by atoms with van der Waals surface area (Å²) in [5.74, 6) is 2.55. The maximum Gasteiger partial charge on any atom is 0.209 e. The summed E-state index contributed by atoms with van der Waals surface area (Å²) < 4.78 is 0.374. The summed E-state index contributed by atoms with van der Waals surface area (Å²) in [6, 6.07) is 0. The van der Waals surface area contributed by atoms with Crippen molar-refractivity contribution < 1.29 is 4.79 Å². The number of carbonyl (C=O) groups excluding carboxylic acids is 1. The normalized spacial score (nSPS) is 27.8. The number of hydrogen-bond acceptors (Lipinski definition) is 3. The zero-order chi connectivity index (χ0) is 8.44. The predicted octanol–water partition coefficient (Wildman–Crippen LogP) is 1.41. The minimum absolute atomic E-state index is 0.374. The third-order valence-corrected chi connectivity index (χ3v) is 5.80. The van der Waals surface area contributed by atoms with Crippen LogP contribution in [0.5, 0.6) is 0 Å². The number of nitrogens with zero attached hydrogens (tertiary/aromatic N) is 1. The Morgan fingerprint density at radius 1 is 1.33 bits per heavy atom. The molecular weight excluding hydrogens is 190 g/mol. The van der Waals surface area contributed by atoms with Gasteiger partial charge in [-0.25, -0.2) is 0 Å². The van der Waals surface area contributed by atoms with Crippen LogP contribution in [0.4, 0.5) is 0 Å². The van der Waals surface area contributed by atoms with Gasteiger partial charge in [0.2, 0.25) is 6.41 Å². The van der Waals surface area contributed by atoms with Gasteiger partial charge in [0.25, 0.3) is 0 Å². The summed E-state index contributed by atoms with van der Waals surface area (Å²) in [7, 11) is 0. The van der Waals surface area contributed by atoms with Crippen molar-refractivity contribution in [3.8, 4) is 0 Å². The molecule has 2 saturated heterocycles. The Hall–Kier alpha value is 0.170. The molecule has 0 N–H and O–H groups in total. The van der Waals surface area contributed by atoms with Crippen LogP contribution in [0.15, 0.2) is 0 Å². The second-order valence-corrected chi connectivity index (χ2v) is 6.50. The van der Waals surface area contributed by atoms with Gasteiger partial charge in [-0.15, -0.1) is 23.5 Å². The molecule has 68 valence electrons. The van der Waals surface area contributed by atoms with Gasteiger partial charge < -0.3 is 4.90 Å². The van der Waals surface area contributed by atoms with Gasteiger partial charge in [0, 0.05) is 13.1 Å². The molecule has 0 aliphatic carbocycles. The number of amides is 1. The fourth-order valence-corrected chi connectivity index (χ4v) is 5.05. The number of hydrogen-bond donors (Lipinski definition) is 0. The van der Waals surface area contributed by atoms with E-state index in [1.165, 1.54) is 24.3 Å². The van der Waals surface area contributed by atoms with E-state index in [1.807, 2.05) is 4.90 Å². The van der Waals surface area contributed by atoms with Crippen molar-refractivity contribution >= 4 is 29.9 Å². The standard InChI is InChI=1S/C8H13NOS2/c10-7-9-3-2-8(6-9)11-4-1-5-12-8/h7H,1-6H2. The predicted molar refractivity (Wildman–Crippen MR) is 54.5 cm³/mol. The Labute approximate surface area is 81.4 Å². The molecule has 4 heteroatoms. The Balaban J connectivity index is 1.98. The van der Waals surface area contributed by atoms with Crippen LogP contribution in [0.2, 0.25) is 0 Å². The van der Waals surface area contributed by atoms with Crippen LogP contribution in [0.3, 0.4) is 0 Å². The van der Waals surface area contributed by atoms with Gasteiger partial charge in [-0.3, -0.25) is 4.79 Å². The van der Waals surface area contributed by atoms with E-state index in [2.05, 4.69) is 23.5 Å². The molecule has 0 radical (unpaired) electrons. The van der Waals surface area contributed by atoms with E-state index in [0.717, 1.165) is 19.5 Å². The average Bonchev–Trinajstić information content (AvgIpc) is 2.50. The molecule has 1 spiro atoms. The highest BCUT2D eigenvalue weighted by Gasteiger charge is 2.39. The molecule has 0 aromatic heterocycles. The summed E-state index contributed by atoms with van der Waals surface area (Å²) >= 11 is 4.11. The van der Waals surface area contributed by atoms with E-state index < -0.39 is 0 Å². The first-order chi connectivity index (χ1) is 5.85. The second kappa shape index (κ2) is 3.50. The molecule has 2 aliphatic heterocycles. The first kappa shape index (κ1) is 8.75. The Morgan fingerprint density at radius 3 is 2.67 bits per heavy atom. The molecule has 0 bridgehead atoms. The van der Waals surface area contributed by atoms with Crippen molar-refractivity contribution in [1.29, 1.82) is 0 Å². The lowest BCUT2D eigenvalue weighted by Gasteiger charge is -2.31. The third kappa shape index (κ3) is 1.59. The quantitative estimate of drug-likeness (QED) is 0.601. The minimum Gasteiger partial charge on any atom is -0.343 e. The van der Waals surface area contributed by atoms with E-state index in [0.29, 0.717) is 4.08 Å². The van der Waals surface area contributed by atoms with Crippen LogP contribution in [-0.2, 0) is 4.79 Å². The van der Waals surface area contributed by atoms with E-state index in [4.69, 9.17) is 0 Å². The molecule has 0 aromatic rings. The van der Waals surface area contributed by atoms with Crippen LogP contribution in [-0.4, -0.2) is 40.0 Å². The highest BCUT2D eigenvalue weighted by molar-refractivity contribution is 8.18. The van der Waals surface area contributed by atoms with Crippen LogP contribution in [0.25, 0.3) is 0 Å². The summed E-state index contributed by atoms with van der Waals surface area (Å²) in [4.78, 5) is 12.4. The van der Waals surface area contributed by atoms with Crippen LogP contribution >= 0.6 is 23.5 Å². The lowest BCUT2D eigenvalue weighted by atomic mass is 10.4. The molecule has 2 rings (SSSR count). The van der Waals surface area contributed by atoms with Gasteiger partial charge in [-0.1, -0.05) is 0 Å². The SMILES string of the molecule is O=CN1CCC2(C1)SCCCS2. The number of rotatable bonds is 1. The zero-order valence-electron chi connectivity index (χ0n) is 6.99. The lowest BCUT2D eigenvalue weighted by Crippen LogP contribution is -2.29. The van der Waals surface area contributed by atoms with Gasteiger partial charge in [0.1, 0.15) is 0 Å². The van der Waals surface area contributed by atoms with Crippen molar-refractivity contribution in [3.63, 3.8) is 0 Å². The van der Waals surface area contributed by atoms with Crippen molar-refractivity contribution in [2.45, 2.75) is 16.9 Å². The number of carbonyl (C=O) groups is 1. The minimum atomic E-state index is 0.374. The fourth-order valence-electron chi connectivity index (χ4n) is 1.72. The molecule has 2 heterocycles. The first-order valence-electron chi connectivity index (χ1n) is 4.32. The lowest BCUT2D eigenvalue weighted by molar-refractivity contribution is -0.117. The highest BCUT2D eigenvalue weighted by atomic mass is 32.2. The third-order valence-electron chi connectivity index (χ3n) is 2.39. The van der Waals surface area contributed by atoms with Crippen molar-refractivity contribution in [2.24, 2.45) is 0 Å². The number of likely N-dealkylation sites (tertiary alicyclic amines) is 1. The monoisotopic (exact) mass is 203 g/mol. The second-order valence-electron chi connectivity index (χ2n) is 3.29. The first-order valence-corrected chi connectivity index (χ1v) is 6.29. The van der Waals surface area contributed by atoms with Gasteiger partial charge in [-0.05, 0) is 24.3 Å². The molecule has 2 fully saturated rings. The molecule has 12 heavy (non-hydrogen) atoms. The number of thioether (sulfide) groups is 2. The zero-order valence-corrected chi connectivity index (χ0v) is 8.62. The van der Waals surface area contributed by atoms with E-state index >= 15 is 0 Å². The maximum atomic E-state index is 10.5. The Morgan fingerprint density at radius 2 is 2.08 bits per heavy atom. The maximum absolute atomic E-state index is 10.5. The average molecular weight is 203 g/mol. The van der Waals surface area contributed by atoms with Gasteiger partial charge in [-0.2, -0.15) is 0 Å². The molecule has 0 unspecified atom stereocenters. The molecule has 2 nitrogen and oxygen atoms in total. The summed E-state index contributed by atoms with van der Waals surface area (Å²) in [5, 5.41) is 0. The topological polar surface area (TPSA) is 20.3 Å². The highest BCUT2D eigenvalue weighted by Crippen LogP contribution is 2.47. The van der Waals surface area contributed by atoms with E-state index in [9.17, 15) is 4.79 Å². The fraction of sp³-hybridized carbons (Fsp3) is 0.875. The van der Waals surface area contributed by atoms with Crippen LogP contribution in [0, 0.1) is 0 Å².